The van der Waals surface area contributed by atoms with Crippen LogP contribution in [0.4, 0.5) is 4.39 Å². The molecular weight excluding hydrogens is 671 g/mol. The fourth-order valence-corrected chi connectivity index (χ4v) is 8.83. The lowest BCUT2D eigenvalue weighted by atomic mass is 9.44. The summed E-state index contributed by atoms with van der Waals surface area (Å²) in [5, 5.41) is 30.5. The first-order valence-corrected chi connectivity index (χ1v) is 16.4. The van der Waals surface area contributed by atoms with E-state index in [0.717, 1.165) is 0 Å². The van der Waals surface area contributed by atoms with Crippen LogP contribution >= 0.6 is 0 Å². The number of Topliss-reactive ketones (excluding diaryl/α,β-unsaturated/α-hetero) is 1. The zero-order valence-electron chi connectivity index (χ0n) is 28.2. The molecule has 4 aliphatic carbocycles. The predicted molar refractivity (Wildman–Crippen MR) is 164 cm³/mol. The molecule has 0 aromatic rings. The number of rotatable bonds is 18. The summed E-state index contributed by atoms with van der Waals surface area (Å²) in [6.07, 6.45) is 2.68. The highest BCUT2D eigenvalue weighted by Gasteiger charge is 2.77. The predicted octanol–water partition coefficient (Wildman–Crippen LogP) is 2.23. The van der Waals surface area contributed by atoms with Crippen LogP contribution in [0.1, 0.15) is 59.3 Å². The van der Waals surface area contributed by atoms with Crippen LogP contribution in [0.15, 0.2) is 23.8 Å². The van der Waals surface area contributed by atoms with Gasteiger partial charge in [0.05, 0.1) is 32.5 Å². The first-order chi connectivity index (χ1) is 23.5. The maximum absolute atomic E-state index is 17.7. The molecule has 0 aliphatic heterocycles. The molecule has 1 N–H and O–H groups in total. The Kier molecular flexibility index (Phi) is 12.0. The maximum Gasteiger partial charge on any atom is 0.332 e. The van der Waals surface area contributed by atoms with Crippen LogP contribution in [0, 0.1) is 48.8 Å². The van der Waals surface area contributed by atoms with E-state index in [9.17, 15) is 44.5 Å². The standard InChI is InChI=1S/C32H43FN2O15/c1-20-15-24-23-7-6-21-16-22(36)8-9-29(21,2)31(23,33)25(37)17-30(24,3)32(20,50-27(39)5-4-10-48-34(41)42)26(38)18-47-28(40)19-46-12-11-45-13-14-49-35(43)44/h8-9,16,20,23-25,37H,4-7,10-15,17-19H2,1-3H3/t20-,23?,24?,25-,29-,30-,31-,32-/m0/s1. The van der Waals surface area contributed by atoms with E-state index in [-0.39, 0.29) is 64.3 Å². The minimum Gasteiger partial charge on any atom is -0.456 e. The summed E-state index contributed by atoms with van der Waals surface area (Å²) in [6, 6.07) is 0. The number of ketones is 2. The molecule has 3 saturated carbocycles. The normalized spacial score (nSPS) is 34.0. The van der Waals surface area contributed by atoms with Gasteiger partial charge in [-0.15, -0.1) is 20.2 Å². The molecule has 278 valence electrons. The van der Waals surface area contributed by atoms with E-state index in [1.54, 1.807) is 20.8 Å². The van der Waals surface area contributed by atoms with Gasteiger partial charge in [0.1, 0.15) is 13.2 Å². The highest BCUT2D eigenvalue weighted by Crippen LogP contribution is 2.71. The van der Waals surface area contributed by atoms with Gasteiger partial charge in [-0.3, -0.25) is 14.4 Å². The largest absolute Gasteiger partial charge is 0.456 e. The number of ether oxygens (including phenoxy) is 4. The van der Waals surface area contributed by atoms with Crippen molar-refractivity contribution in [3.05, 3.63) is 44.0 Å². The van der Waals surface area contributed by atoms with Crippen LogP contribution in [-0.2, 0) is 47.8 Å². The average molecular weight is 715 g/mol. The number of aliphatic hydroxyl groups excluding tert-OH is 1. The topological polar surface area (TPSA) is 230 Å². The Morgan fingerprint density at radius 1 is 0.980 bits per heavy atom. The molecule has 0 spiro atoms. The lowest BCUT2D eigenvalue weighted by molar-refractivity contribution is -0.758. The summed E-state index contributed by atoms with van der Waals surface area (Å²) in [6.45, 7) is 2.72. The van der Waals surface area contributed by atoms with E-state index in [1.165, 1.54) is 18.2 Å². The molecular formula is C32H43FN2O15. The molecule has 17 nitrogen and oxygen atoms in total. The van der Waals surface area contributed by atoms with Crippen molar-refractivity contribution in [1.82, 2.24) is 0 Å². The molecule has 3 fully saturated rings. The Morgan fingerprint density at radius 2 is 1.64 bits per heavy atom. The second-order valence-corrected chi connectivity index (χ2v) is 13.6. The van der Waals surface area contributed by atoms with Gasteiger partial charge in [0, 0.05) is 29.1 Å². The van der Waals surface area contributed by atoms with Gasteiger partial charge in [-0.05, 0) is 57.1 Å². The molecule has 0 amide bonds. The molecule has 4 rings (SSSR count). The third-order valence-electron chi connectivity index (χ3n) is 11.0. The monoisotopic (exact) mass is 714 g/mol. The zero-order chi connectivity index (χ0) is 36.9. The van der Waals surface area contributed by atoms with E-state index in [4.69, 9.17) is 18.9 Å². The van der Waals surface area contributed by atoms with Gasteiger partial charge in [-0.25, -0.2) is 9.18 Å². The fraction of sp³-hybridized carbons (Fsp3) is 0.750. The van der Waals surface area contributed by atoms with Gasteiger partial charge in [-0.1, -0.05) is 25.5 Å². The van der Waals surface area contributed by atoms with Crippen LogP contribution in [0.25, 0.3) is 0 Å². The molecule has 0 aromatic heterocycles. The Balaban J connectivity index is 1.52. The van der Waals surface area contributed by atoms with Gasteiger partial charge in [0.15, 0.2) is 23.7 Å². The summed E-state index contributed by atoms with van der Waals surface area (Å²) < 4.78 is 39.2. The van der Waals surface area contributed by atoms with E-state index in [0.29, 0.717) is 12.0 Å². The first-order valence-electron chi connectivity index (χ1n) is 16.4. The number of halogens is 1. The van der Waals surface area contributed by atoms with E-state index in [2.05, 4.69) is 9.68 Å². The molecule has 0 aromatic carbocycles. The van der Waals surface area contributed by atoms with Crippen molar-refractivity contribution in [2.45, 2.75) is 76.7 Å². The number of fused-ring (bicyclic) bond motifs is 5. The molecule has 0 radical (unpaired) electrons. The van der Waals surface area contributed by atoms with Gasteiger partial charge >= 0.3 is 11.9 Å². The zero-order valence-corrected chi connectivity index (χ0v) is 28.2. The quantitative estimate of drug-likeness (QED) is 0.0929. The third kappa shape index (κ3) is 7.23. The highest BCUT2D eigenvalue weighted by molar-refractivity contribution is 6.01. The number of alkyl halides is 1. The molecule has 4 aliphatic rings. The molecule has 18 heteroatoms. The lowest BCUT2D eigenvalue weighted by Gasteiger charge is -2.62. The van der Waals surface area contributed by atoms with Crippen LogP contribution in [0.3, 0.4) is 0 Å². The van der Waals surface area contributed by atoms with Crippen molar-refractivity contribution in [1.29, 1.82) is 0 Å². The average Bonchev–Trinajstić information content (AvgIpc) is 3.26. The molecule has 0 bridgehead atoms. The van der Waals surface area contributed by atoms with E-state index in [1.807, 2.05) is 0 Å². The number of hydrogen-bond acceptors (Lipinski definition) is 15. The second kappa shape index (κ2) is 15.5. The molecule has 2 unspecified atom stereocenters. The van der Waals surface area contributed by atoms with Crippen molar-refractivity contribution < 1.29 is 67.5 Å². The smallest absolute Gasteiger partial charge is 0.332 e. The Morgan fingerprint density at radius 3 is 2.34 bits per heavy atom. The Labute approximate surface area is 286 Å². The SMILES string of the molecule is C[C@H]1CC2C3CCC4=CC(=O)C=C[C@]4(C)[C@@]3(F)[C@@H](O)C[C@]2(C)[C@@]1(OC(=O)CCCO[N+](=O)[O-])C(=O)COC(=O)COCCOCCO[N+](=O)[O-]. The van der Waals surface area contributed by atoms with Gasteiger partial charge < -0.3 is 33.7 Å². The van der Waals surface area contributed by atoms with Crippen LogP contribution < -0.4 is 0 Å². The molecule has 8 atom stereocenters. The van der Waals surface area contributed by atoms with Crippen molar-refractivity contribution in [3.63, 3.8) is 0 Å². The van der Waals surface area contributed by atoms with Crippen LogP contribution in [0.5, 0.6) is 0 Å². The maximum atomic E-state index is 17.7. The van der Waals surface area contributed by atoms with E-state index < -0.39 is 93.7 Å². The van der Waals surface area contributed by atoms with Crippen molar-refractivity contribution in [2.24, 2.45) is 28.6 Å². The van der Waals surface area contributed by atoms with Crippen molar-refractivity contribution in [2.75, 3.05) is 46.2 Å². The van der Waals surface area contributed by atoms with E-state index >= 15 is 4.39 Å². The van der Waals surface area contributed by atoms with Crippen molar-refractivity contribution in [3.8, 4) is 0 Å². The lowest BCUT2D eigenvalue weighted by Crippen LogP contribution is -2.70. The number of nitrogens with zero attached hydrogens (tertiary/aromatic N) is 2. The number of aliphatic hydroxyl groups is 1. The highest BCUT2D eigenvalue weighted by atomic mass is 19.1. The first kappa shape index (κ1) is 38.8. The third-order valence-corrected chi connectivity index (χ3v) is 11.0. The summed E-state index contributed by atoms with van der Waals surface area (Å²) >= 11 is 0. The number of hydrogen-bond donors (Lipinski definition) is 1. The van der Waals surface area contributed by atoms with Gasteiger partial charge in [0.2, 0.25) is 5.78 Å². The summed E-state index contributed by atoms with van der Waals surface area (Å²) in [7, 11) is 0. The number of carbonyl (C=O) groups excluding carboxylic acids is 4. The second-order valence-electron chi connectivity index (χ2n) is 13.6. The van der Waals surface area contributed by atoms with Gasteiger partial charge in [-0.2, -0.15) is 0 Å². The Bertz CT molecular complexity index is 1420. The number of allylic oxidation sites excluding steroid dienone is 4. The van der Waals surface area contributed by atoms with Crippen LogP contribution in [-0.4, -0.2) is 102 Å². The minimum atomic E-state index is -2.21. The minimum absolute atomic E-state index is 0.0156. The summed E-state index contributed by atoms with van der Waals surface area (Å²) in [5.41, 5.74) is -6.24. The van der Waals surface area contributed by atoms with Crippen molar-refractivity contribution >= 4 is 23.5 Å². The molecule has 0 heterocycles. The number of carbonyl (C=O) groups is 4. The van der Waals surface area contributed by atoms with Gasteiger partial charge in [0.25, 0.3) is 10.2 Å². The fourth-order valence-electron chi connectivity index (χ4n) is 8.83. The van der Waals surface area contributed by atoms with Crippen LogP contribution in [0.2, 0.25) is 0 Å². The summed E-state index contributed by atoms with van der Waals surface area (Å²) in [4.78, 5) is 81.3. The number of esters is 2. The Hall–Kier alpha value is -4.03. The summed E-state index contributed by atoms with van der Waals surface area (Å²) in [5.74, 6) is -4.96. The molecule has 0 saturated heterocycles. The molecule has 50 heavy (non-hydrogen) atoms.